The highest BCUT2D eigenvalue weighted by molar-refractivity contribution is 5.91. The minimum absolute atomic E-state index is 0.00798. The van der Waals surface area contributed by atoms with Gasteiger partial charge in [-0.1, -0.05) is 35.9 Å². The molecular weight excluding hydrogens is 364 g/mol. The van der Waals surface area contributed by atoms with E-state index in [2.05, 4.69) is 42.6 Å². The molecule has 2 aromatic carbocycles. The van der Waals surface area contributed by atoms with Crippen LogP contribution in [0.15, 0.2) is 42.5 Å². The van der Waals surface area contributed by atoms with Gasteiger partial charge in [0.25, 0.3) is 5.91 Å². The molecule has 0 bridgehead atoms. The second-order valence-electron chi connectivity index (χ2n) is 8.03. The quantitative estimate of drug-likeness (QED) is 0.845. The predicted octanol–water partition coefficient (Wildman–Crippen LogP) is 3.63. The summed E-state index contributed by atoms with van der Waals surface area (Å²) in [5.74, 6) is 0.106. The first kappa shape index (κ1) is 19.6. The summed E-state index contributed by atoms with van der Waals surface area (Å²) in [4.78, 5) is 26.9. The zero-order valence-corrected chi connectivity index (χ0v) is 16.9. The molecule has 29 heavy (non-hydrogen) atoms. The third-order valence-corrected chi connectivity index (χ3v) is 5.78. The normalized spacial score (nSPS) is 18.4. The number of amides is 2. The van der Waals surface area contributed by atoms with Gasteiger partial charge in [0.15, 0.2) is 0 Å². The van der Waals surface area contributed by atoms with E-state index < -0.39 is 0 Å². The fraction of sp³-hybridized carbons (Fsp3) is 0.417. The van der Waals surface area contributed by atoms with Crippen LogP contribution < -0.4 is 5.32 Å². The largest absolute Gasteiger partial charge is 0.368 e. The molecule has 0 spiro atoms. The van der Waals surface area contributed by atoms with Crippen molar-refractivity contribution in [1.29, 1.82) is 0 Å². The van der Waals surface area contributed by atoms with E-state index in [1.54, 1.807) is 0 Å². The molecule has 5 nitrogen and oxygen atoms in total. The van der Waals surface area contributed by atoms with Gasteiger partial charge >= 0.3 is 0 Å². The Kier molecular flexibility index (Phi) is 5.95. The third kappa shape index (κ3) is 4.85. The van der Waals surface area contributed by atoms with Crippen molar-refractivity contribution in [3.63, 3.8) is 0 Å². The molecule has 2 aliphatic heterocycles. The molecule has 0 aromatic heterocycles. The molecule has 1 unspecified atom stereocenters. The number of benzene rings is 2. The maximum absolute atomic E-state index is 12.6. The summed E-state index contributed by atoms with van der Waals surface area (Å²) < 4.78 is 5.55. The molecule has 2 heterocycles. The van der Waals surface area contributed by atoms with Gasteiger partial charge in [0.1, 0.15) is 6.10 Å². The maximum Gasteiger partial charge on any atom is 0.252 e. The van der Waals surface area contributed by atoms with Crippen molar-refractivity contribution in [1.82, 2.24) is 4.90 Å². The van der Waals surface area contributed by atoms with Crippen LogP contribution in [0.1, 0.15) is 41.5 Å². The fourth-order valence-electron chi connectivity index (χ4n) is 4.04. The van der Waals surface area contributed by atoms with Crippen LogP contribution in [0.25, 0.3) is 0 Å². The van der Waals surface area contributed by atoms with Gasteiger partial charge in [-0.15, -0.1) is 0 Å². The van der Waals surface area contributed by atoms with E-state index in [1.165, 1.54) is 16.7 Å². The second-order valence-corrected chi connectivity index (χ2v) is 8.03. The van der Waals surface area contributed by atoms with E-state index >= 15 is 0 Å². The van der Waals surface area contributed by atoms with Crippen molar-refractivity contribution in [2.24, 2.45) is 0 Å². The molecular formula is C24H28N2O3. The summed E-state index contributed by atoms with van der Waals surface area (Å²) in [6, 6.07) is 14.3. The van der Waals surface area contributed by atoms with Crippen LogP contribution in [-0.4, -0.2) is 36.0 Å². The van der Waals surface area contributed by atoms with E-state index in [0.717, 1.165) is 43.5 Å². The van der Waals surface area contributed by atoms with Gasteiger partial charge in [-0.05, 0) is 61.4 Å². The van der Waals surface area contributed by atoms with Crippen molar-refractivity contribution in [2.45, 2.75) is 51.7 Å². The van der Waals surface area contributed by atoms with Gasteiger partial charge in [0, 0.05) is 31.8 Å². The van der Waals surface area contributed by atoms with Crippen molar-refractivity contribution < 1.29 is 14.3 Å². The molecule has 0 saturated carbocycles. The van der Waals surface area contributed by atoms with E-state index in [4.69, 9.17) is 4.74 Å². The van der Waals surface area contributed by atoms with Crippen molar-refractivity contribution >= 4 is 17.5 Å². The van der Waals surface area contributed by atoms with Crippen molar-refractivity contribution in [2.75, 3.05) is 18.5 Å². The maximum atomic E-state index is 12.6. The Balaban J connectivity index is 1.35. The molecule has 0 radical (unpaired) electrons. The first-order valence-corrected chi connectivity index (χ1v) is 10.5. The molecule has 4 rings (SSSR count). The Morgan fingerprint density at radius 1 is 1.14 bits per heavy atom. The van der Waals surface area contributed by atoms with Gasteiger partial charge in [-0.25, -0.2) is 0 Å². The number of fused-ring (bicyclic) bond motifs is 1. The number of carbonyl (C=O) groups is 2. The summed E-state index contributed by atoms with van der Waals surface area (Å²) in [7, 11) is 0. The van der Waals surface area contributed by atoms with Gasteiger partial charge in [0.05, 0.1) is 0 Å². The molecule has 1 saturated heterocycles. The molecule has 1 atom stereocenters. The average molecular weight is 392 g/mol. The highest BCUT2D eigenvalue weighted by Crippen LogP contribution is 2.25. The molecule has 2 aliphatic rings. The van der Waals surface area contributed by atoms with Crippen LogP contribution in [0.3, 0.4) is 0 Å². The Bertz CT molecular complexity index is 885. The number of ether oxygens (including phenoxy) is 1. The third-order valence-electron chi connectivity index (χ3n) is 5.78. The summed E-state index contributed by atoms with van der Waals surface area (Å²) in [5.41, 5.74) is 5.54. The lowest BCUT2D eigenvalue weighted by molar-refractivity contribution is -0.141. The van der Waals surface area contributed by atoms with Crippen molar-refractivity contribution in [3.05, 3.63) is 64.7 Å². The standard InChI is InChI=1S/C24H28N2O3/c1-17-4-6-18(7-5-17)8-11-23(27)25-21-10-9-19-12-13-26(16-20(19)15-21)24(28)22-3-2-14-29-22/h4-7,9-10,15,22H,2-3,8,11-14,16H2,1H3,(H,25,27). The zero-order chi connectivity index (χ0) is 20.2. The number of nitrogens with zero attached hydrogens (tertiary/aromatic N) is 1. The van der Waals surface area contributed by atoms with Crippen LogP contribution in [0.4, 0.5) is 5.69 Å². The first-order chi connectivity index (χ1) is 14.1. The van der Waals surface area contributed by atoms with E-state index in [1.807, 2.05) is 17.0 Å². The molecule has 1 N–H and O–H groups in total. The number of carbonyl (C=O) groups excluding carboxylic acids is 2. The van der Waals surface area contributed by atoms with Gasteiger partial charge in [0.2, 0.25) is 5.91 Å². The summed E-state index contributed by atoms with van der Waals surface area (Å²) in [5, 5.41) is 3.01. The van der Waals surface area contributed by atoms with Gasteiger partial charge < -0.3 is 15.0 Å². The first-order valence-electron chi connectivity index (χ1n) is 10.5. The minimum atomic E-state index is -0.277. The van der Waals surface area contributed by atoms with Crippen LogP contribution in [-0.2, 0) is 33.7 Å². The molecule has 5 heteroatoms. The lowest BCUT2D eigenvalue weighted by Gasteiger charge is -2.31. The molecule has 152 valence electrons. The Morgan fingerprint density at radius 3 is 2.72 bits per heavy atom. The number of aryl methyl sites for hydroxylation is 2. The Hall–Kier alpha value is -2.66. The van der Waals surface area contributed by atoms with E-state index in [-0.39, 0.29) is 17.9 Å². The summed E-state index contributed by atoms with van der Waals surface area (Å²) in [6.45, 7) is 4.05. The Labute approximate surface area is 172 Å². The number of hydrogen-bond donors (Lipinski definition) is 1. The monoisotopic (exact) mass is 392 g/mol. The fourth-order valence-corrected chi connectivity index (χ4v) is 4.04. The highest BCUT2D eigenvalue weighted by atomic mass is 16.5. The highest BCUT2D eigenvalue weighted by Gasteiger charge is 2.30. The smallest absolute Gasteiger partial charge is 0.252 e. The van der Waals surface area contributed by atoms with Crippen LogP contribution in [0.2, 0.25) is 0 Å². The molecule has 0 aliphatic carbocycles. The molecule has 2 amide bonds. The average Bonchev–Trinajstić information content (AvgIpc) is 3.27. The number of anilines is 1. The number of nitrogens with one attached hydrogen (secondary N) is 1. The second kappa shape index (κ2) is 8.78. The molecule has 2 aromatic rings. The van der Waals surface area contributed by atoms with E-state index in [0.29, 0.717) is 19.6 Å². The minimum Gasteiger partial charge on any atom is -0.368 e. The lowest BCUT2D eigenvalue weighted by Crippen LogP contribution is -2.41. The SMILES string of the molecule is Cc1ccc(CCC(=O)Nc2ccc3c(c2)CN(C(=O)C2CCCO2)CC3)cc1. The van der Waals surface area contributed by atoms with Gasteiger partial charge in [-0.2, -0.15) is 0 Å². The zero-order valence-electron chi connectivity index (χ0n) is 16.9. The number of hydrogen-bond acceptors (Lipinski definition) is 3. The Morgan fingerprint density at radius 2 is 1.97 bits per heavy atom. The summed E-state index contributed by atoms with van der Waals surface area (Å²) >= 11 is 0. The van der Waals surface area contributed by atoms with Crippen LogP contribution in [0.5, 0.6) is 0 Å². The lowest BCUT2D eigenvalue weighted by atomic mass is 9.98. The van der Waals surface area contributed by atoms with Gasteiger partial charge in [-0.3, -0.25) is 9.59 Å². The predicted molar refractivity (Wildman–Crippen MR) is 113 cm³/mol. The topological polar surface area (TPSA) is 58.6 Å². The summed E-state index contributed by atoms with van der Waals surface area (Å²) in [6.07, 6.45) is 3.51. The number of rotatable bonds is 5. The van der Waals surface area contributed by atoms with Crippen LogP contribution in [0, 0.1) is 6.92 Å². The molecule has 1 fully saturated rings. The van der Waals surface area contributed by atoms with E-state index in [9.17, 15) is 9.59 Å². The van der Waals surface area contributed by atoms with Crippen LogP contribution >= 0.6 is 0 Å². The van der Waals surface area contributed by atoms with Crippen molar-refractivity contribution in [3.8, 4) is 0 Å².